The maximum Gasteiger partial charge on any atom is -0.0216 e. The third kappa shape index (κ3) is 8.55. The molecule has 172 valence electrons. The molecule has 0 aromatic heterocycles. The SMILES string of the molecule is C[C](C)=[Zr+2].Cc1[c-]c2c(cc1C(C)C)-c1cc(C(C)C)c(C)cc1C2.[C-]1=CC=CC1.[Cl-].[Cl-]. The summed E-state index contributed by atoms with van der Waals surface area (Å²) in [5.74, 6) is 1.14. The first-order valence-electron chi connectivity index (χ1n) is 11.0. The van der Waals surface area contributed by atoms with E-state index in [1.54, 1.807) is 24.2 Å². The Morgan fingerprint density at radius 2 is 1.47 bits per heavy atom. The fourth-order valence-corrected chi connectivity index (χ4v) is 4.03. The van der Waals surface area contributed by atoms with E-state index in [1.165, 1.54) is 47.7 Å². The molecule has 0 fully saturated rings. The molecule has 32 heavy (non-hydrogen) atoms. The largest absolute Gasteiger partial charge is 1.00 e. The van der Waals surface area contributed by atoms with Gasteiger partial charge in [-0.3, -0.25) is 6.08 Å². The molecule has 0 amide bonds. The number of halogens is 2. The summed E-state index contributed by atoms with van der Waals surface area (Å²) >= 11 is 1.55. The normalized spacial score (nSPS) is 12.1. The fourth-order valence-electron chi connectivity index (χ4n) is 4.03. The Morgan fingerprint density at radius 3 is 1.91 bits per heavy atom. The van der Waals surface area contributed by atoms with Gasteiger partial charge in [0.05, 0.1) is 0 Å². The summed E-state index contributed by atoms with van der Waals surface area (Å²) in [4.78, 5) is 0. The molecule has 0 bridgehead atoms. The molecule has 0 atom stereocenters. The van der Waals surface area contributed by atoms with Crippen LogP contribution in [0.15, 0.2) is 36.4 Å². The molecule has 2 aliphatic rings. The second-order valence-electron chi connectivity index (χ2n) is 9.10. The van der Waals surface area contributed by atoms with Gasteiger partial charge in [-0.1, -0.05) is 58.2 Å². The Morgan fingerprint density at radius 1 is 0.906 bits per heavy atom. The molecule has 0 saturated heterocycles. The number of benzene rings is 2. The van der Waals surface area contributed by atoms with Gasteiger partial charge in [-0.25, -0.2) is 12.2 Å². The third-order valence-corrected chi connectivity index (χ3v) is 5.38. The van der Waals surface area contributed by atoms with Crippen LogP contribution < -0.4 is 24.8 Å². The van der Waals surface area contributed by atoms with Crippen molar-refractivity contribution in [1.82, 2.24) is 0 Å². The van der Waals surface area contributed by atoms with E-state index in [4.69, 9.17) is 0 Å². The summed E-state index contributed by atoms with van der Waals surface area (Å²) in [7, 11) is 0. The first kappa shape index (κ1) is 31.3. The van der Waals surface area contributed by atoms with Crippen LogP contribution in [0.4, 0.5) is 0 Å². The van der Waals surface area contributed by atoms with Crippen molar-refractivity contribution in [3.05, 3.63) is 82.0 Å². The number of rotatable bonds is 2. The van der Waals surface area contributed by atoms with Crippen molar-refractivity contribution in [3.8, 4) is 11.1 Å². The van der Waals surface area contributed by atoms with E-state index < -0.39 is 0 Å². The molecule has 3 heteroatoms. The van der Waals surface area contributed by atoms with E-state index in [1.807, 2.05) is 12.2 Å². The molecule has 0 nitrogen and oxygen atoms in total. The molecule has 2 aliphatic carbocycles. The molecule has 2 aromatic carbocycles. The zero-order valence-corrected chi connectivity index (χ0v) is 24.8. The van der Waals surface area contributed by atoms with Crippen LogP contribution in [-0.2, 0) is 30.7 Å². The van der Waals surface area contributed by atoms with Crippen LogP contribution in [0.3, 0.4) is 0 Å². The Balaban J connectivity index is 0.000000739. The average molecular weight is 547 g/mol. The van der Waals surface area contributed by atoms with Crippen molar-refractivity contribution in [2.75, 3.05) is 0 Å². The molecular weight excluding hydrogens is 510 g/mol. The Bertz CT molecular complexity index is 890. The van der Waals surface area contributed by atoms with E-state index in [-0.39, 0.29) is 24.8 Å². The van der Waals surface area contributed by atoms with Gasteiger partial charge in [0.1, 0.15) is 0 Å². The Labute approximate surface area is 224 Å². The smallest absolute Gasteiger partial charge is 0.0216 e. The molecule has 0 heterocycles. The van der Waals surface area contributed by atoms with Crippen LogP contribution in [0.25, 0.3) is 11.1 Å². The minimum Gasteiger partial charge on any atom is -1.00 e. The topological polar surface area (TPSA) is 0 Å². The molecule has 0 saturated carbocycles. The van der Waals surface area contributed by atoms with Gasteiger partial charge >= 0.3 is 41.3 Å². The third-order valence-electron chi connectivity index (χ3n) is 5.38. The van der Waals surface area contributed by atoms with Crippen LogP contribution in [0.5, 0.6) is 0 Å². The average Bonchev–Trinajstić information content (AvgIpc) is 3.30. The van der Waals surface area contributed by atoms with E-state index in [2.05, 4.69) is 91.8 Å². The second kappa shape index (κ2) is 14.5. The van der Waals surface area contributed by atoms with Crippen molar-refractivity contribution in [3.63, 3.8) is 0 Å². The summed E-state index contributed by atoms with van der Waals surface area (Å²) in [5, 5.41) is 0. The van der Waals surface area contributed by atoms with Gasteiger partial charge in [0.2, 0.25) is 0 Å². The molecular formula is C29H36Cl2Zr-2. The number of fused-ring (bicyclic) bond motifs is 3. The van der Waals surface area contributed by atoms with Crippen molar-refractivity contribution >= 4 is 3.21 Å². The summed E-state index contributed by atoms with van der Waals surface area (Å²) in [5.41, 5.74) is 11.4. The van der Waals surface area contributed by atoms with E-state index in [9.17, 15) is 0 Å². The number of aryl methyl sites for hydroxylation is 2. The molecule has 0 spiro atoms. The predicted octanol–water partition coefficient (Wildman–Crippen LogP) is 1.98. The number of allylic oxidation sites excluding steroid dienone is 4. The molecule has 0 radical (unpaired) electrons. The fraction of sp³-hybridized carbons (Fsp3) is 0.414. The minimum atomic E-state index is 0. The van der Waals surface area contributed by atoms with Crippen LogP contribution in [0.2, 0.25) is 0 Å². The molecule has 2 aromatic rings. The van der Waals surface area contributed by atoms with Gasteiger partial charge in [0.15, 0.2) is 0 Å². The van der Waals surface area contributed by atoms with Crippen molar-refractivity contribution in [2.24, 2.45) is 0 Å². The quantitative estimate of drug-likeness (QED) is 0.432. The molecule has 4 rings (SSSR count). The van der Waals surface area contributed by atoms with Crippen LogP contribution in [0, 0.1) is 26.0 Å². The minimum absolute atomic E-state index is 0. The van der Waals surface area contributed by atoms with Gasteiger partial charge in [0, 0.05) is 0 Å². The van der Waals surface area contributed by atoms with Crippen molar-refractivity contribution in [1.29, 1.82) is 0 Å². The van der Waals surface area contributed by atoms with E-state index in [0.717, 1.165) is 12.8 Å². The maximum atomic E-state index is 3.65. The monoisotopic (exact) mass is 544 g/mol. The zero-order valence-electron chi connectivity index (χ0n) is 20.8. The molecule has 0 N–H and O–H groups in total. The van der Waals surface area contributed by atoms with E-state index in [0.29, 0.717) is 11.8 Å². The van der Waals surface area contributed by atoms with Crippen LogP contribution in [-0.4, -0.2) is 3.21 Å². The van der Waals surface area contributed by atoms with Crippen molar-refractivity contribution < 1.29 is 49.0 Å². The van der Waals surface area contributed by atoms with Gasteiger partial charge in [0.25, 0.3) is 0 Å². The van der Waals surface area contributed by atoms with Crippen LogP contribution in [0.1, 0.15) is 93.2 Å². The summed E-state index contributed by atoms with van der Waals surface area (Å²) in [6, 6.07) is 10.9. The van der Waals surface area contributed by atoms with E-state index >= 15 is 0 Å². The number of hydrogen-bond acceptors (Lipinski definition) is 0. The maximum absolute atomic E-state index is 3.65. The summed E-state index contributed by atoms with van der Waals surface area (Å²) in [6.07, 6.45) is 11.0. The Hall–Kier alpha value is -0.747. The molecule has 0 aliphatic heterocycles. The zero-order chi connectivity index (χ0) is 22.4. The van der Waals surface area contributed by atoms with Gasteiger partial charge < -0.3 is 24.8 Å². The standard InChI is InChI=1S/C21H25.C5H5.C3H6.2ClH.Zr/c1-12(2)18-10-20-16(7-14(18)5)9-17-8-15(6)19(13(3)4)11-21(17)20;1-2-4-5-3-1;1-3-2;;;/h7,10-13H,9H2,1-6H3;1-3H,4H2;1-2H3;2*1H;/q2*-1;;;;+2/p-2. The number of hydrogen-bond donors (Lipinski definition) is 0. The second-order valence-corrected chi connectivity index (χ2v) is 11.6. The summed E-state index contributed by atoms with van der Waals surface area (Å²) < 4.78 is 1.51. The Kier molecular flexibility index (Phi) is 14.2. The van der Waals surface area contributed by atoms with Crippen LogP contribution >= 0.6 is 0 Å². The van der Waals surface area contributed by atoms with Gasteiger partial charge in [-0.2, -0.15) is 23.8 Å². The van der Waals surface area contributed by atoms with Gasteiger partial charge in [-0.05, 0) is 36.0 Å². The first-order valence-corrected chi connectivity index (χ1v) is 12.3. The first-order chi connectivity index (χ1) is 14.1. The molecule has 0 unspecified atom stereocenters. The summed E-state index contributed by atoms with van der Waals surface area (Å²) in [6.45, 7) is 17.8. The van der Waals surface area contributed by atoms with Gasteiger partial charge in [-0.15, -0.1) is 23.1 Å². The predicted molar refractivity (Wildman–Crippen MR) is 129 cm³/mol. The van der Waals surface area contributed by atoms with Crippen molar-refractivity contribution in [2.45, 2.75) is 80.1 Å².